The predicted molar refractivity (Wildman–Crippen MR) is 64.2 cm³/mol. The number of aliphatic hydroxyl groups is 1. The molecule has 4 heteroatoms. The highest BCUT2D eigenvalue weighted by molar-refractivity contribution is 5.80. The van der Waals surface area contributed by atoms with Crippen molar-refractivity contribution in [2.45, 2.75) is 19.4 Å². The Hall–Kier alpha value is -1.55. The number of para-hydroxylation sites is 1. The summed E-state index contributed by atoms with van der Waals surface area (Å²) in [5.41, 5.74) is 0.924. The highest BCUT2D eigenvalue weighted by Crippen LogP contribution is 2.03. The van der Waals surface area contributed by atoms with Crippen molar-refractivity contribution in [2.24, 2.45) is 0 Å². The van der Waals surface area contributed by atoms with Gasteiger partial charge in [-0.1, -0.05) is 18.2 Å². The molecule has 0 saturated carbocycles. The Kier molecular flexibility index (Phi) is 5.36. The van der Waals surface area contributed by atoms with Crippen molar-refractivity contribution >= 4 is 11.6 Å². The first-order valence-electron chi connectivity index (χ1n) is 5.41. The van der Waals surface area contributed by atoms with Crippen molar-refractivity contribution in [3.63, 3.8) is 0 Å². The standard InChI is InChI=1S/C12H18N2O2/c1-10(7-8-15)14-12(16)9-13-11-5-3-2-4-6-11/h2-6,10,13,15H,7-9H2,1H3,(H,14,16). The average molecular weight is 222 g/mol. The summed E-state index contributed by atoms with van der Waals surface area (Å²) in [4.78, 5) is 11.4. The lowest BCUT2D eigenvalue weighted by Crippen LogP contribution is -2.37. The topological polar surface area (TPSA) is 61.4 Å². The quantitative estimate of drug-likeness (QED) is 0.672. The van der Waals surface area contributed by atoms with Crippen LogP contribution in [0.25, 0.3) is 0 Å². The van der Waals surface area contributed by atoms with E-state index in [0.29, 0.717) is 6.42 Å². The third-order valence-electron chi connectivity index (χ3n) is 2.20. The number of benzene rings is 1. The summed E-state index contributed by atoms with van der Waals surface area (Å²) in [5, 5.41) is 14.5. The smallest absolute Gasteiger partial charge is 0.239 e. The van der Waals surface area contributed by atoms with E-state index in [1.54, 1.807) is 0 Å². The maximum atomic E-state index is 11.4. The fourth-order valence-electron chi connectivity index (χ4n) is 1.33. The number of amides is 1. The Morgan fingerprint density at radius 3 is 2.69 bits per heavy atom. The summed E-state index contributed by atoms with van der Waals surface area (Å²) in [6, 6.07) is 9.57. The summed E-state index contributed by atoms with van der Waals surface area (Å²) >= 11 is 0. The van der Waals surface area contributed by atoms with Crippen LogP contribution in [0.5, 0.6) is 0 Å². The van der Waals surface area contributed by atoms with E-state index >= 15 is 0 Å². The molecule has 1 aromatic rings. The van der Waals surface area contributed by atoms with Crippen LogP contribution in [0.1, 0.15) is 13.3 Å². The molecule has 1 rings (SSSR count). The van der Waals surface area contributed by atoms with Gasteiger partial charge < -0.3 is 15.7 Å². The summed E-state index contributed by atoms with van der Waals surface area (Å²) in [5.74, 6) is -0.0650. The second kappa shape index (κ2) is 6.85. The van der Waals surface area contributed by atoms with E-state index in [4.69, 9.17) is 5.11 Å². The maximum Gasteiger partial charge on any atom is 0.239 e. The van der Waals surface area contributed by atoms with Gasteiger partial charge in [0.1, 0.15) is 0 Å². The van der Waals surface area contributed by atoms with E-state index in [-0.39, 0.29) is 25.1 Å². The molecule has 0 aliphatic rings. The van der Waals surface area contributed by atoms with E-state index in [9.17, 15) is 4.79 Å². The van der Waals surface area contributed by atoms with Crippen LogP contribution < -0.4 is 10.6 Å². The van der Waals surface area contributed by atoms with E-state index < -0.39 is 0 Å². The fraction of sp³-hybridized carbons (Fsp3) is 0.417. The SMILES string of the molecule is CC(CCO)NC(=O)CNc1ccccc1. The molecule has 0 aromatic heterocycles. The molecule has 0 saturated heterocycles. The highest BCUT2D eigenvalue weighted by Gasteiger charge is 2.05. The molecule has 0 spiro atoms. The highest BCUT2D eigenvalue weighted by atomic mass is 16.3. The van der Waals surface area contributed by atoms with Crippen molar-refractivity contribution in [1.82, 2.24) is 5.32 Å². The number of carbonyl (C=O) groups excluding carboxylic acids is 1. The molecule has 1 atom stereocenters. The van der Waals surface area contributed by atoms with Gasteiger partial charge in [0.25, 0.3) is 0 Å². The van der Waals surface area contributed by atoms with E-state index in [1.165, 1.54) is 0 Å². The Bertz CT molecular complexity index is 314. The van der Waals surface area contributed by atoms with Crippen LogP contribution in [0.2, 0.25) is 0 Å². The van der Waals surface area contributed by atoms with Crippen molar-refractivity contribution in [1.29, 1.82) is 0 Å². The lowest BCUT2D eigenvalue weighted by Gasteiger charge is -2.13. The van der Waals surface area contributed by atoms with Crippen LogP contribution in [0.3, 0.4) is 0 Å². The lowest BCUT2D eigenvalue weighted by molar-refractivity contribution is -0.120. The molecule has 3 N–H and O–H groups in total. The van der Waals surface area contributed by atoms with Gasteiger partial charge in [0, 0.05) is 18.3 Å². The van der Waals surface area contributed by atoms with E-state index in [2.05, 4.69) is 10.6 Å². The second-order valence-corrected chi connectivity index (χ2v) is 3.70. The molecular formula is C12H18N2O2. The summed E-state index contributed by atoms with van der Waals surface area (Å²) < 4.78 is 0. The van der Waals surface area contributed by atoms with Crippen LogP contribution in [0.4, 0.5) is 5.69 Å². The summed E-state index contributed by atoms with van der Waals surface area (Å²) in [7, 11) is 0. The Labute approximate surface area is 95.7 Å². The summed E-state index contributed by atoms with van der Waals surface area (Å²) in [6.07, 6.45) is 0.580. The maximum absolute atomic E-state index is 11.4. The average Bonchev–Trinajstić information content (AvgIpc) is 2.28. The number of aliphatic hydroxyl groups excluding tert-OH is 1. The number of hydrogen-bond acceptors (Lipinski definition) is 3. The predicted octanol–water partition coefficient (Wildman–Crippen LogP) is 0.986. The molecule has 0 bridgehead atoms. The zero-order chi connectivity index (χ0) is 11.8. The van der Waals surface area contributed by atoms with Crippen LogP contribution in [0.15, 0.2) is 30.3 Å². The van der Waals surface area contributed by atoms with Gasteiger partial charge in [-0.25, -0.2) is 0 Å². The molecule has 4 nitrogen and oxygen atoms in total. The van der Waals surface area contributed by atoms with Gasteiger partial charge in [-0.3, -0.25) is 4.79 Å². The Morgan fingerprint density at radius 1 is 1.38 bits per heavy atom. The van der Waals surface area contributed by atoms with Crippen molar-refractivity contribution < 1.29 is 9.90 Å². The van der Waals surface area contributed by atoms with Gasteiger partial charge in [0.15, 0.2) is 0 Å². The third-order valence-corrected chi connectivity index (χ3v) is 2.20. The number of anilines is 1. The minimum Gasteiger partial charge on any atom is -0.396 e. The van der Waals surface area contributed by atoms with Gasteiger partial charge in [-0.05, 0) is 25.5 Å². The molecule has 1 aromatic carbocycles. The van der Waals surface area contributed by atoms with Crippen LogP contribution in [-0.2, 0) is 4.79 Å². The Balaban J connectivity index is 2.25. The van der Waals surface area contributed by atoms with Crippen LogP contribution in [-0.4, -0.2) is 30.2 Å². The number of rotatable bonds is 6. The zero-order valence-corrected chi connectivity index (χ0v) is 9.44. The lowest BCUT2D eigenvalue weighted by atomic mass is 10.2. The largest absolute Gasteiger partial charge is 0.396 e. The minimum atomic E-state index is -0.0650. The van der Waals surface area contributed by atoms with Gasteiger partial charge in [-0.2, -0.15) is 0 Å². The van der Waals surface area contributed by atoms with Gasteiger partial charge in [0.05, 0.1) is 6.54 Å². The summed E-state index contributed by atoms with van der Waals surface area (Å²) in [6.45, 7) is 2.21. The van der Waals surface area contributed by atoms with E-state index in [0.717, 1.165) is 5.69 Å². The van der Waals surface area contributed by atoms with Crippen LogP contribution >= 0.6 is 0 Å². The molecular weight excluding hydrogens is 204 g/mol. The molecule has 88 valence electrons. The van der Waals surface area contributed by atoms with Crippen molar-refractivity contribution in [3.05, 3.63) is 30.3 Å². The normalized spacial score (nSPS) is 11.9. The van der Waals surface area contributed by atoms with Crippen molar-refractivity contribution in [2.75, 3.05) is 18.5 Å². The molecule has 0 radical (unpaired) electrons. The van der Waals surface area contributed by atoms with Crippen LogP contribution in [0, 0.1) is 0 Å². The second-order valence-electron chi connectivity index (χ2n) is 3.70. The first kappa shape index (κ1) is 12.5. The monoisotopic (exact) mass is 222 g/mol. The minimum absolute atomic E-state index is 0.00933. The molecule has 1 unspecified atom stereocenters. The molecule has 0 aliphatic heterocycles. The molecule has 0 heterocycles. The first-order valence-corrected chi connectivity index (χ1v) is 5.41. The molecule has 1 amide bonds. The first-order chi connectivity index (χ1) is 7.72. The number of hydrogen-bond donors (Lipinski definition) is 3. The van der Waals surface area contributed by atoms with Crippen molar-refractivity contribution in [3.8, 4) is 0 Å². The molecule has 0 aliphatic carbocycles. The van der Waals surface area contributed by atoms with Gasteiger partial charge in [0.2, 0.25) is 5.91 Å². The fourth-order valence-corrected chi connectivity index (χ4v) is 1.33. The molecule has 0 fully saturated rings. The zero-order valence-electron chi connectivity index (χ0n) is 9.44. The number of nitrogens with one attached hydrogen (secondary N) is 2. The third kappa shape index (κ3) is 4.79. The van der Waals surface area contributed by atoms with Gasteiger partial charge >= 0.3 is 0 Å². The number of carbonyl (C=O) groups is 1. The Morgan fingerprint density at radius 2 is 2.06 bits per heavy atom. The van der Waals surface area contributed by atoms with E-state index in [1.807, 2.05) is 37.3 Å². The molecule has 16 heavy (non-hydrogen) atoms. The van der Waals surface area contributed by atoms with Gasteiger partial charge in [-0.15, -0.1) is 0 Å².